The number of hydrogen-bond acceptors (Lipinski definition) is 5. The highest BCUT2D eigenvalue weighted by atomic mass is 16.5. The number of benzene rings is 2. The van der Waals surface area contributed by atoms with Gasteiger partial charge < -0.3 is 19.6 Å². The van der Waals surface area contributed by atoms with Crippen LogP contribution in [0, 0.1) is 0 Å². The Bertz CT molecular complexity index is 1080. The second-order valence-electron chi connectivity index (χ2n) is 5.91. The smallest absolute Gasteiger partial charge is 0.291 e. The third kappa shape index (κ3) is 3.83. The molecule has 138 valence electrons. The first-order valence-electron chi connectivity index (χ1n) is 8.47. The summed E-state index contributed by atoms with van der Waals surface area (Å²) in [5.74, 6) is -0.00417. The molecule has 2 amide bonds. The molecule has 4 rings (SSSR count). The van der Waals surface area contributed by atoms with Crippen molar-refractivity contribution in [2.24, 2.45) is 0 Å². The van der Waals surface area contributed by atoms with Gasteiger partial charge in [0.05, 0.1) is 6.26 Å². The topological polar surface area (TPSA) is 97.4 Å². The maximum absolute atomic E-state index is 12.4. The maximum atomic E-state index is 12.4. The Morgan fingerprint density at radius 3 is 2.11 bits per heavy atom. The first kappa shape index (κ1) is 17.3. The molecule has 0 saturated carbocycles. The van der Waals surface area contributed by atoms with Crippen molar-refractivity contribution in [2.45, 2.75) is 0 Å². The monoisotopic (exact) mass is 373 g/mol. The Balaban J connectivity index is 1.40. The molecule has 0 fully saturated rings. The molecule has 0 aliphatic rings. The third-order valence-corrected chi connectivity index (χ3v) is 3.95. The van der Waals surface area contributed by atoms with Crippen LogP contribution in [-0.4, -0.2) is 17.0 Å². The van der Waals surface area contributed by atoms with E-state index in [1.54, 1.807) is 42.5 Å². The van der Waals surface area contributed by atoms with E-state index in [1.807, 2.05) is 30.3 Å². The lowest BCUT2D eigenvalue weighted by molar-refractivity contribution is 0.0993. The molecule has 2 aromatic carbocycles. The fourth-order valence-corrected chi connectivity index (χ4v) is 2.55. The molecule has 0 saturated heterocycles. The van der Waals surface area contributed by atoms with Gasteiger partial charge in [-0.05, 0) is 36.4 Å². The Morgan fingerprint density at radius 1 is 0.786 bits per heavy atom. The molecule has 0 atom stereocenters. The van der Waals surface area contributed by atoms with Crippen LogP contribution in [0.5, 0.6) is 0 Å². The standard InChI is InChI=1S/C21H15N3O4/c25-20(17-13-19(28-24-17)14-5-2-1-3-6-14)22-15-8-10-16(11-9-15)23-21(26)18-7-4-12-27-18/h1-13H,(H,22,25)(H,23,26). The van der Waals surface area contributed by atoms with Crippen LogP contribution in [0.4, 0.5) is 11.4 Å². The molecular weight excluding hydrogens is 358 g/mol. The van der Waals surface area contributed by atoms with Gasteiger partial charge in [-0.25, -0.2) is 0 Å². The van der Waals surface area contributed by atoms with E-state index >= 15 is 0 Å². The van der Waals surface area contributed by atoms with Crippen LogP contribution in [0.15, 0.2) is 88.0 Å². The van der Waals surface area contributed by atoms with Gasteiger partial charge in [-0.15, -0.1) is 0 Å². The molecule has 0 unspecified atom stereocenters. The van der Waals surface area contributed by atoms with Crippen molar-refractivity contribution >= 4 is 23.2 Å². The van der Waals surface area contributed by atoms with E-state index in [-0.39, 0.29) is 17.4 Å². The SMILES string of the molecule is O=C(Nc1ccc(NC(=O)c2ccco2)cc1)c1cc(-c2ccccc2)on1. The number of hydrogen-bond donors (Lipinski definition) is 2. The fourth-order valence-electron chi connectivity index (χ4n) is 2.55. The summed E-state index contributed by atoms with van der Waals surface area (Å²) in [6, 6.07) is 20.9. The highest BCUT2D eigenvalue weighted by Gasteiger charge is 2.14. The molecule has 0 radical (unpaired) electrons. The zero-order valence-corrected chi connectivity index (χ0v) is 14.6. The van der Waals surface area contributed by atoms with E-state index in [0.717, 1.165) is 5.56 Å². The van der Waals surface area contributed by atoms with Crippen LogP contribution >= 0.6 is 0 Å². The van der Waals surface area contributed by atoms with Crippen molar-refractivity contribution in [2.75, 3.05) is 10.6 Å². The van der Waals surface area contributed by atoms with E-state index in [0.29, 0.717) is 17.1 Å². The van der Waals surface area contributed by atoms with Crippen molar-refractivity contribution in [1.82, 2.24) is 5.16 Å². The van der Waals surface area contributed by atoms with Crippen LogP contribution in [0.3, 0.4) is 0 Å². The minimum Gasteiger partial charge on any atom is -0.459 e. The third-order valence-electron chi connectivity index (χ3n) is 3.95. The summed E-state index contributed by atoms with van der Waals surface area (Å²) in [6.07, 6.45) is 1.43. The first-order valence-corrected chi connectivity index (χ1v) is 8.47. The number of carbonyl (C=O) groups is 2. The number of rotatable bonds is 5. The van der Waals surface area contributed by atoms with Crippen LogP contribution in [0.1, 0.15) is 21.0 Å². The van der Waals surface area contributed by atoms with Crippen molar-refractivity contribution < 1.29 is 18.5 Å². The summed E-state index contributed by atoms with van der Waals surface area (Å²) in [6.45, 7) is 0. The van der Waals surface area contributed by atoms with Gasteiger partial charge >= 0.3 is 0 Å². The molecule has 2 heterocycles. The highest BCUT2D eigenvalue weighted by molar-refractivity contribution is 6.04. The van der Waals surface area contributed by atoms with Crippen LogP contribution in [0.2, 0.25) is 0 Å². The summed E-state index contributed by atoms with van der Waals surface area (Å²) in [5.41, 5.74) is 2.15. The van der Waals surface area contributed by atoms with E-state index in [9.17, 15) is 9.59 Å². The maximum Gasteiger partial charge on any atom is 0.291 e. The summed E-state index contributed by atoms with van der Waals surface area (Å²) in [5, 5.41) is 9.26. The Hall–Kier alpha value is -4.13. The van der Waals surface area contributed by atoms with E-state index in [2.05, 4.69) is 15.8 Å². The minimum absolute atomic E-state index is 0.175. The van der Waals surface area contributed by atoms with Gasteiger partial charge in [0.15, 0.2) is 17.2 Å². The van der Waals surface area contributed by atoms with Gasteiger partial charge in [0, 0.05) is 23.0 Å². The molecule has 4 aromatic rings. The predicted molar refractivity (Wildman–Crippen MR) is 103 cm³/mol. The molecule has 0 spiro atoms. The number of nitrogens with zero attached hydrogens (tertiary/aromatic N) is 1. The Kier molecular flexibility index (Phi) is 4.71. The largest absolute Gasteiger partial charge is 0.459 e. The molecular formula is C21H15N3O4. The minimum atomic E-state index is -0.390. The van der Waals surface area contributed by atoms with Crippen molar-refractivity contribution in [1.29, 1.82) is 0 Å². The average molecular weight is 373 g/mol. The summed E-state index contributed by atoms with van der Waals surface area (Å²) < 4.78 is 10.3. The molecule has 7 nitrogen and oxygen atoms in total. The zero-order chi connectivity index (χ0) is 19.3. The number of nitrogens with one attached hydrogen (secondary N) is 2. The van der Waals surface area contributed by atoms with Gasteiger partial charge in [-0.3, -0.25) is 9.59 Å². The van der Waals surface area contributed by atoms with Crippen LogP contribution in [-0.2, 0) is 0 Å². The summed E-state index contributed by atoms with van der Waals surface area (Å²) in [4.78, 5) is 24.3. The molecule has 0 aliphatic heterocycles. The number of anilines is 2. The molecule has 28 heavy (non-hydrogen) atoms. The molecule has 0 bridgehead atoms. The van der Waals surface area contributed by atoms with Crippen LogP contribution < -0.4 is 10.6 Å². The van der Waals surface area contributed by atoms with E-state index < -0.39 is 5.91 Å². The number of aromatic nitrogens is 1. The Morgan fingerprint density at radius 2 is 1.46 bits per heavy atom. The first-order chi connectivity index (χ1) is 13.7. The highest BCUT2D eigenvalue weighted by Crippen LogP contribution is 2.21. The van der Waals surface area contributed by atoms with Crippen LogP contribution in [0.25, 0.3) is 11.3 Å². The number of furan rings is 1. The fraction of sp³-hybridized carbons (Fsp3) is 0. The van der Waals surface area contributed by atoms with Crippen molar-refractivity contribution in [3.8, 4) is 11.3 Å². The molecule has 0 aliphatic carbocycles. The lowest BCUT2D eigenvalue weighted by Crippen LogP contribution is -2.13. The Labute approximate surface area is 160 Å². The van der Waals surface area contributed by atoms with Gasteiger partial charge in [0.25, 0.3) is 11.8 Å². The number of carbonyl (C=O) groups excluding carboxylic acids is 2. The second kappa shape index (κ2) is 7.63. The average Bonchev–Trinajstić information content (AvgIpc) is 3.42. The van der Waals surface area contributed by atoms with Crippen molar-refractivity contribution in [3.63, 3.8) is 0 Å². The van der Waals surface area contributed by atoms with Gasteiger partial charge in [-0.1, -0.05) is 35.5 Å². The van der Waals surface area contributed by atoms with Gasteiger partial charge in [0.2, 0.25) is 0 Å². The molecule has 2 N–H and O–H groups in total. The van der Waals surface area contributed by atoms with E-state index in [4.69, 9.17) is 8.94 Å². The molecule has 7 heteroatoms. The lowest BCUT2D eigenvalue weighted by atomic mass is 10.1. The zero-order valence-electron chi connectivity index (χ0n) is 14.6. The summed E-state index contributed by atoms with van der Waals surface area (Å²) in [7, 11) is 0. The van der Waals surface area contributed by atoms with Crippen molar-refractivity contribution in [3.05, 3.63) is 90.5 Å². The summed E-state index contributed by atoms with van der Waals surface area (Å²) >= 11 is 0. The normalized spacial score (nSPS) is 10.4. The lowest BCUT2D eigenvalue weighted by Gasteiger charge is -2.06. The predicted octanol–water partition coefficient (Wildman–Crippen LogP) is 4.44. The van der Waals surface area contributed by atoms with Gasteiger partial charge in [-0.2, -0.15) is 0 Å². The van der Waals surface area contributed by atoms with E-state index in [1.165, 1.54) is 6.26 Å². The molecule has 2 aromatic heterocycles. The number of amides is 2. The quantitative estimate of drug-likeness (QED) is 0.539. The second-order valence-corrected chi connectivity index (χ2v) is 5.91. The van der Waals surface area contributed by atoms with Gasteiger partial charge in [0.1, 0.15) is 0 Å².